The Morgan fingerprint density at radius 3 is 2.53 bits per heavy atom. The largest absolute Gasteiger partial charge is 0.292 e. The molecular formula is C12H18BrN3O. The van der Waals surface area contributed by atoms with Crippen molar-refractivity contribution >= 4 is 21.7 Å². The zero-order chi connectivity index (χ0) is 12.3. The average molecular weight is 300 g/mol. The lowest BCUT2D eigenvalue weighted by molar-refractivity contribution is 0.0947. The summed E-state index contributed by atoms with van der Waals surface area (Å²) in [5.74, 6) is 0.711. The number of carbonyl (C=O) groups excluding carboxylic acids is 1. The van der Waals surface area contributed by atoms with Crippen molar-refractivity contribution in [1.29, 1.82) is 0 Å². The van der Waals surface area contributed by atoms with Crippen molar-refractivity contribution in [1.82, 2.24) is 15.0 Å². The van der Waals surface area contributed by atoms with Crippen LogP contribution in [0, 0.1) is 5.92 Å². The second-order valence-corrected chi connectivity index (χ2v) is 5.59. The minimum Gasteiger partial charge on any atom is -0.292 e. The molecule has 1 aliphatic carbocycles. The molecule has 0 atom stereocenters. The van der Waals surface area contributed by atoms with Gasteiger partial charge in [0.25, 0.3) is 0 Å². The van der Waals surface area contributed by atoms with Gasteiger partial charge in [0.15, 0.2) is 10.4 Å². The van der Waals surface area contributed by atoms with Crippen LogP contribution in [0.1, 0.15) is 55.4 Å². The monoisotopic (exact) mass is 299 g/mol. The molecule has 0 radical (unpaired) electrons. The Morgan fingerprint density at radius 2 is 2.00 bits per heavy atom. The first-order chi connectivity index (χ1) is 8.18. The second-order valence-electron chi connectivity index (χ2n) is 4.84. The molecule has 1 aliphatic rings. The summed E-state index contributed by atoms with van der Waals surface area (Å²) in [4.78, 5) is 12.2. The molecule has 0 aromatic carbocycles. The summed E-state index contributed by atoms with van der Waals surface area (Å²) in [6, 6.07) is 0. The second kappa shape index (κ2) is 5.76. The number of carbonyl (C=O) groups is 1. The predicted octanol–water partition coefficient (Wildman–Crippen LogP) is 3.12. The molecule has 1 heterocycles. The van der Waals surface area contributed by atoms with Crippen molar-refractivity contribution in [3.8, 4) is 0 Å². The quantitative estimate of drug-likeness (QED) is 0.636. The number of ketones is 1. The van der Waals surface area contributed by atoms with Crippen LogP contribution < -0.4 is 0 Å². The van der Waals surface area contributed by atoms with E-state index in [2.05, 4.69) is 26.2 Å². The van der Waals surface area contributed by atoms with Crippen molar-refractivity contribution in [3.63, 3.8) is 0 Å². The topological polar surface area (TPSA) is 47.8 Å². The van der Waals surface area contributed by atoms with Crippen LogP contribution in [0.2, 0.25) is 0 Å². The highest BCUT2D eigenvalue weighted by Gasteiger charge is 2.21. The Bertz CT molecular complexity index is 375. The van der Waals surface area contributed by atoms with Gasteiger partial charge in [0.2, 0.25) is 0 Å². The lowest BCUT2D eigenvalue weighted by Crippen LogP contribution is -2.12. The van der Waals surface area contributed by atoms with E-state index in [4.69, 9.17) is 0 Å². The fourth-order valence-electron chi connectivity index (χ4n) is 2.55. The highest BCUT2D eigenvalue weighted by Crippen LogP contribution is 2.27. The Hall–Kier alpha value is -0.710. The molecular weight excluding hydrogens is 282 g/mol. The Labute approximate surface area is 110 Å². The van der Waals surface area contributed by atoms with Gasteiger partial charge in [-0.15, -0.1) is 5.10 Å². The van der Waals surface area contributed by atoms with Gasteiger partial charge in [-0.1, -0.05) is 43.7 Å². The molecule has 1 aromatic heterocycles. The van der Waals surface area contributed by atoms with E-state index in [1.54, 1.807) is 11.7 Å². The summed E-state index contributed by atoms with van der Waals surface area (Å²) in [6.45, 7) is 0. The Balaban J connectivity index is 2.01. The fraction of sp³-hybridized carbons (Fsp3) is 0.750. The summed E-state index contributed by atoms with van der Waals surface area (Å²) >= 11 is 3.28. The first-order valence-electron chi connectivity index (χ1n) is 6.27. The lowest BCUT2D eigenvalue weighted by Gasteiger charge is -2.12. The summed E-state index contributed by atoms with van der Waals surface area (Å²) in [5.41, 5.74) is 0.606. The van der Waals surface area contributed by atoms with Gasteiger partial charge in [-0.05, 0) is 21.8 Å². The number of Topliss-reactive ketones (excluding diaryl/α,β-unsaturated/α-hetero) is 1. The zero-order valence-electron chi connectivity index (χ0n) is 10.2. The molecule has 4 nitrogen and oxygen atoms in total. The van der Waals surface area contributed by atoms with Crippen molar-refractivity contribution in [3.05, 3.63) is 10.3 Å². The number of aryl methyl sites for hydroxylation is 1. The van der Waals surface area contributed by atoms with Gasteiger partial charge in [0.05, 0.1) is 0 Å². The average Bonchev–Trinajstić information content (AvgIpc) is 2.53. The number of halogens is 1. The number of hydrogen-bond donors (Lipinski definition) is 0. The van der Waals surface area contributed by atoms with Crippen LogP contribution in [0.15, 0.2) is 4.60 Å². The van der Waals surface area contributed by atoms with Crippen molar-refractivity contribution < 1.29 is 4.79 Å². The number of hydrogen-bond acceptors (Lipinski definition) is 3. The van der Waals surface area contributed by atoms with E-state index < -0.39 is 0 Å². The van der Waals surface area contributed by atoms with Crippen molar-refractivity contribution in [2.45, 2.75) is 44.9 Å². The third-order valence-corrected chi connectivity index (χ3v) is 4.03. The van der Waals surface area contributed by atoms with Gasteiger partial charge in [-0.25, -0.2) is 4.68 Å². The molecule has 0 aliphatic heterocycles. The smallest absolute Gasteiger partial charge is 0.183 e. The van der Waals surface area contributed by atoms with Crippen LogP contribution in [0.4, 0.5) is 0 Å². The number of aromatic nitrogens is 3. The lowest BCUT2D eigenvalue weighted by atomic mass is 9.93. The van der Waals surface area contributed by atoms with Crippen molar-refractivity contribution in [2.75, 3.05) is 0 Å². The normalized spacial score (nSPS) is 18.0. The zero-order valence-corrected chi connectivity index (χ0v) is 11.7. The van der Waals surface area contributed by atoms with E-state index in [1.165, 1.54) is 38.5 Å². The molecule has 1 saturated carbocycles. The summed E-state index contributed by atoms with van der Waals surface area (Å²) in [6.07, 6.45) is 8.19. The number of nitrogens with zero attached hydrogens (tertiary/aromatic N) is 3. The molecule has 94 valence electrons. The predicted molar refractivity (Wildman–Crippen MR) is 68.8 cm³/mol. The van der Waals surface area contributed by atoms with Gasteiger partial charge in [0.1, 0.15) is 5.69 Å². The third-order valence-electron chi connectivity index (χ3n) is 3.50. The summed E-state index contributed by atoms with van der Waals surface area (Å²) < 4.78 is 2.13. The van der Waals surface area contributed by atoms with E-state index in [0.717, 1.165) is 0 Å². The maximum Gasteiger partial charge on any atom is 0.183 e. The standard InChI is InChI=1S/C12H18BrN3O/c1-16-11(12(13)14-15-16)10(17)8-9-6-4-2-3-5-7-9/h9H,2-8H2,1H3. The van der Waals surface area contributed by atoms with E-state index in [0.29, 0.717) is 22.6 Å². The molecule has 2 rings (SSSR count). The van der Waals surface area contributed by atoms with Gasteiger partial charge in [-0.2, -0.15) is 0 Å². The van der Waals surface area contributed by atoms with Crippen LogP contribution in [0.3, 0.4) is 0 Å². The van der Waals surface area contributed by atoms with Crippen LogP contribution in [-0.4, -0.2) is 20.8 Å². The van der Waals surface area contributed by atoms with E-state index in [9.17, 15) is 4.79 Å². The van der Waals surface area contributed by atoms with Crippen LogP contribution in [0.25, 0.3) is 0 Å². The minimum atomic E-state index is 0.163. The molecule has 0 spiro atoms. The Morgan fingerprint density at radius 1 is 1.35 bits per heavy atom. The molecule has 1 aromatic rings. The minimum absolute atomic E-state index is 0.163. The number of rotatable bonds is 3. The molecule has 17 heavy (non-hydrogen) atoms. The molecule has 0 N–H and O–H groups in total. The summed E-state index contributed by atoms with van der Waals surface area (Å²) in [7, 11) is 1.76. The molecule has 0 saturated heterocycles. The van der Waals surface area contributed by atoms with E-state index in [1.807, 2.05) is 0 Å². The summed E-state index contributed by atoms with van der Waals surface area (Å²) in [5, 5.41) is 7.71. The van der Waals surface area contributed by atoms with Crippen molar-refractivity contribution in [2.24, 2.45) is 13.0 Å². The van der Waals surface area contributed by atoms with Crippen LogP contribution >= 0.6 is 15.9 Å². The van der Waals surface area contributed by atoms with Gasteiger partial charge in [-0.3, -0.25) is 4.79 Å². The molecule has 0 bridgehead atoms. The SMILES string of the molecule is Cn1nnc(Br)c1C(=O)CC1CCCCCC1. The highest BCUT2D eigenvalue weighted by atomic mass is 79.9. The first kappa shape index (κ1) is 12.7. The van der Waals surface area contributed by atoms with E-state index >= 15 is 0 Å². The van der Waals surface area contributed by atoms with Crippen LogP contribution in [0.5, 0.6) is 0 Å². The van der Waals surface area contributed by atoms with Gasteiger partial charge < -0.3 is 0 Å². The molecule has 1 fully saturated rings. The van der Waals surface area contributed by atoms with Gasteiger partial charge >= 0.3 is 0 Å². The first-order valence-corrected chi connectivity index (χ1v) is 7.06. The van der Waals surface area contributed by atoms with E-state index in [-0.39, 0.29) is 5.78 Å². The highest BCUT2D eigenvalue weighted by molar-refractivity contribution is 9.10. The maximum atomic E-state index is 12.2. The fourth-order valence-corrected chi connectivity index (χ4v) is 3.10. The van der Waals surface area contributed by atoms with Gasteiger partial charge in [0, 0.05) is 13.5 Å². The molecule has 0 amide bonds. The molecule has 0 unspecified atom stereocenters. The Kier molecular flexibility index (Phi) is 4.31. The third kappa shape index (κ3) is 3.15. The maximum absolute atomic E-state index is 12.2. The molecule has 5 heteroatoms. The van der Waals surface area contributed by atoms with Crippen LogP contribution in [-0.2, 0) is 7.05 Å².